The molecule has 2 heterocycles. The van der Waals surface area contributed by atoms with Crippen molar-refractivity contribution in [2.24, 2.45) is 0 Å². The summed E-state index contributed by atoms with van der Waals surface area (Å²) < 4.78 is 33.2. The molecule has 29 heavy (non-hydrogen) atoms. The highest BCUT2D eigenvalue weighted by Crippen LogP contribution is 2.27. The van der Waals surface area contributed by atoms with Crippen molar-refractivity contribution in [3.8, 4) is 5.75 Å². The number of carbonyl (C=O) groups is 1. The highest BCUT2D eigenvalue weighted by molar-refractivity contribution is 7.89. The molecule has 0 bridgehead atoms. The summed E-state index contributed by atoms with van der Waals surface area (Å²) >= 11 is 0. The molecule has 0 atom stereocenters. The van der Waals surface area contributed by atoms with Gasteiger partial charge in [-0.25, -0.2) is 8.42 Å². The third kappa shape index (κ3) is 4.46. The standard InChI is InChI=1S/C22H26N2O4S/c25-22-7-4-14-24(22)19-12-15-23(16-13-19)29(26,27)21-10-8-20(9-11-21)28-17-18-5-2-1-3-6-18/h1-3,5-6,8-11,19H,4,7,12-17H2. The molecule has 0 N–H and O–H groups in total. The van der Waals surface area contributed by atoms with Crippen LogP contribution in [0, 0.1) is 0 Å². The van der Waals surface area contributed by atoms with Crippen LogP contribution in [0.5, 0.6) is 5.75 Å². The summed E-state index contributed by atoms with van der Waals surface area (Å²) in [6.07, 6.45) is 2.93. The summed E-state index contributed by atoms with van der Waals surface area (Å²) in [4.78, 5) is 14.1. The van der Waals surface area contributed by atoms with Crippen LogP contribution in [-0.2, 0) is 21.4 Å². The number of rotatable bonds is 6. The first-order valence-electron chi connectivity index (χ1n) is 10.1. The highest BCUT2D eigenvalue weighted by Gasteiger charge is 2.34. The van der Waals surface area contributed by atoms with Crippen molar-refractivity contribution in [2.75, 3.05) is 19.6 Å². The van der Waals surface area contributed by atoms with E-state index >= 15 is 0 Å². The Hall–Kier alpha value is -2.38. The predicted octanol–water partition coefficient (Wildman–Crippen LogP) is 3.04. The summed E-state index contributed by atoms with van der Waals surface area (Å²) in [6.45, 7) is 2.14. The molecule has 0 aliphatic carbocycles. The lowest BCUT2D eigenvalue weighted by Gasteiger charge is -2.36. The number of carbonyl (C=O) groups excluding carboxylic acids is 1. The molecule has 2 aliphatic heterocycles. The van der Waals surface area contributed by atoms with Crippen molar-refractivity contribution in [1.29, 1.82) is 0 Å². The van der Waals surface area contributed by atoms with Gasteiger partial charge in [0.25, 0.3) is 0 Å². The van der Waals surface area contributed by atoms with Crippen molar-refractivity contribution >= 4 is 15.9 Å². The molecule has 2 saturated heterocycles. The number of amides is 1. The first-order chi connectivity index (χ1) is 14.0. The van der Waals surface area contributed by atoms with Gasteiger partial charge in [0.1, 0.15) is 12.4 Å². The molecule has 2 aliphatic rings. The Labute approximate surface area is 172 Å². The van der Waals surface area contributed by atoms with Gasteiger partial charge in [0.05, 0.1) is 4.90 Å². The van der Waals surface area contributed by atoms with Crippen LogP contribution < -0.4 is 4.74 Å². The molecule has 2 aromatic carbocycles. The zero-order chi connectivity index (χ0) is 20.3. The van der Waals surface area contributed by atoms with Crippen molar-refractivity contribution in [2.45, 2.75) is 43.2 Å². The van der Waals surface area contributed by atoms with E-state index in [0.29, 0.717) is 44.7 Å². The normalized spacial score (nSPS) is 18.9. The van der Waals surface area contributed by atoms with Gasteiger partial charge in [-0.1, -0.05) is 30.3 Å². The number of ether oxygens (including phenoxy) is 1. The van der Waals surface area contributed by atoms with Crippen molar-refractivity contribution < 1.29 is 17.9 Å². The predicted molar refractivity (Wildman–Crippen MR) is 110 cm³/mol. The first-order valence-corrected chi connectivity index (χ1v) is 11.5. The molecule has 0 unspecified atom stereocenters. The number of benzene rings is 2. The fourth-order valence-corrected chi connectivity index (χ4v) is 5.52. The number of piperidine rings is 1. The number of hydrogen-bond acceptors (Lipinski definition) is 4. The minimum atomic E-state index is -3.53. The maximum Gasteiger partial charge on any atom is 0.243 e. The van der Waals surface area contributed by atoms with Crippen molar-refractivity contribution in [3.63, 3.8) is 0 Å². The van der Waals surface area contributed by atoms with E-state index in [1.54, 1.807) is 24.3 Å². The molecule has 2 fully saturated rings. The number of nitrogens with zero attached hydrogens (tertiary/aromatic N) is 2. The van der Waals surface area contributed by atoms with Crippen LogP contribution in [0.1, 0.15) is 31.2 Å². The number of sulfonamides is 1. The van der Waals surface area contributed by atoms with Crippen LogP contribution >= 0.6 is 0 Å². The zero-order valence-electron chi connectivity index (χ0n) is 16.4. The highest BCUT2D eigenvalue weighted by atomic mass is 32.2. The van der Waals surface area contributed by atoms with E-state index < -0.39 is 10.0 Å². The molecule has 6 nitrogen and oxygen atoms in total. The van der Waals surface area contributed by atoms with E-state index in [2.05, 4.69) is 0 Å². The van der Waals surface area contributed by atoms with Crippen LogP contribution in [0.15, 0.2) is 59.5 Å². The lowest BCUT2D eigenvalue weighted by atomic mass is 10.1. The van der Waals surface area contributed by atoms with E-state index in [-0.39, 0.29) is 16.8 Å². The van der Waals surface area contributed by atoms with Gasteiger partial charge in [0.15, 0.2) is 0 Å². The smallest absolute Gasteiger partial charge is 0.243 e. The van der Waals surface area contributed by atoms with E-state index in [1.807, 2.05) is 35.2 Å². The minimum Gasteiger partial charge on any atom is -0.489 e. The van der Waals surface area contributed by atoms with E-state index in [0.717, 1.165) is 18.5 Å². The molecule has 154 valence electrons. The van der Waals surface area contributed by atoms with Crippen molar-refractivity contribution in [3.05, 3.63) is 60.2 Å². The van der Waals surface area contributed by atoms with E-state index in [4.69, 9.17) is 4.74 Å². The Morgan fingerprint density at radius 3 is 2.24 bits per heavy atom. The molecule has 0 aromatic heterocycles. The van der Waals surface area contributed by atoms with Crippen LogP contribution in [0.2, 0.25) is 0 Å². The van der Waals surface area contributed by atoms with Gasteiger partial charge >= 0.3 is 0 Å². The second-order valence-electron chi connectivity index (χ2n) is 7.57. The Balaban J connectivity index is 1.35. The average Bonchev–Trinajstić information content (AvgIpc) is 3.19. The molecular weight excluding hydrogens is 388 g/mol. The average molecular weight is 415 g/mol. The summed E-state index contributed by atoms with van der Waals surface area (Å²) in [5.74, 6) is 0.844. The summed E-state index contributed by atoms with van der Waals surface area (Å²) in [6, 6.07) is 16.6. The van der Waals surface area contributed by atoms with Crippen LogP contribution in [0.3, 0.4) is 0 Å². The molecule has 1 amide bonds. The monoisotopic (exact) mass is 414 g/mol. The van der Waals surface area contributed by atoms with Gasteiger partial charge in [-0.15, -0.1) is 0 Å². The molecule has 4 rings (SSSR count). The molecule has 0 radical (unpaired) electrons. The van der Waals surface area contributed by atoms with E-state index in [9.17, 15) is 13.2 Å². The van der Waals surface area contributed by atoms with Gasteiger partial charge < -0.3 is 9.64 Å². The van der Waals surface area contributed by atoms with Crippen LogP contribution in [0.4, 0.5) is 0 Å². The maximum atomic E-state index is 13.0. The fourth-order valence-electron chi connectivity index (χ4n) is 4.05. The van der Waals surface area contributed by atoms with E-state index in [1.165, 1.54) is 4.31 Å². The van der Waals surface area contributed by atoms with Gasteiger partial charge in [-0.3, -0.25) is 4.79 Å². The van der Waals surface area contributed by atoms with Gasteiger partial charge in [0, 0.05) is 32.1 Å². The third-order valence-corrected chi connectivity index (χ3v) is 7.60. The molecule has 7 heteroatoms. The third-order valence-electron chi connectivity index (χ3n) is 5.68. The lowest BCUT2D eigenvalue weighted by molar-refractivity contribution is -0.130. The van der Waals surface area contributed by atoms with Gasteiger partial charge in [0.2, 0.25) is 15.9 Å². The van der Waals surface area contributed by atoms with Crippen LogP contribution in [-0.4, -0.2) is 49.2 Å². The lowest BCUT2D eigenvalue weighted by Crippen LogP contribution is -2.47. The summed E-state index contributed by atoms with van der Waals surface area (Å²) in [5.41, 5.74) is 1.06. The number of likely N-dealkylation sites (tertiary alicyclic amines) is 1. The maximum absolute atomic E-state index is 13.0. The largest absolute Gasteiger partial charge is 0.489 e. The second kappa shape index (κ2) is 8.55. The quantitative estimate of drug-likeness (QED) is 0.729. The van der Waals surface area contributed by atoms with Gasteiger partial charge in [-0.2, -0.15) is 4.31 Å². The number of hydrogen-bond donors (Lipinski definition) is 0. The summed E-state index contributed by atoms with van der Waals surface area (Å²) in [5, 5.41) is 0. The van der Waals surface area contributed by atoms with Crippen LogP contribution in [0.25, 0.3) is 0 Å². The first kappa shape index (κ1) is 19.9. The molecule has 0 spiro atoms. The fraction of sp³-hybridized carbons (Fsp3) is 0.409. The summed E-state index contributed by atoms with van der Waals surface area (Å²) in [7, 11) is -3.53. The van der Waals surface area contributed by atoms with Gasteiger partial charge in [-0.05, 0) is 49.1 Å². The zero-order valence-corrected chi connectivity index (χ0v) is 17.2. The molecule has 0 saturated carbocycles. The molecular formula is C22H26N2O4S. The topological polar surface area (TPSA) is 66.9 Å². The Bertz CT molecular complexity index is 937. The molecule has 2 aromatic rings. The Morgan fingerprint density at radius 1 is 0.931 bits per heavy atom. The SMILES string of the molecule is O=C1CCCN1C1CCN(S(=O)(=O)c2ccc(OCc3ccccc3)cc2)CC1. The Kier molecular flexibility index (Phi) is 5.87. The Morgan fingerprint density at radius 2 is 1.62 bits per heavy atom. The minimum absolute atomic E-state index is 0.171. The van der Waals surface area contributed by atoms with Crippen molar-refractivity contribution in [1.82, 2.24) is 9.21 Å². The second-order valence-corrected chi connectivity index (χ2v) is 9.51.